The minimum absolute atomic E-state index is 0.00719. The quantitative estimate of drug-likeness (QED) is 0.113. The Kier molecular flexibility index (Phi) is 22.9. The van der Waals surface area contributed by atoms with Crippen LogP contribution in [0.4, 0.5) is 0 Å². The van der Waals surface area contributed by atoms with Gasteiger partial charge in [0.1, 0.15) is 24.4 Å². The Balaban J connectivity index is 1.72. The van der Waals surface area contributed by atoms with Crippen LogP contribution in [0.1, 0.15) is 132 Å². The molecule has 0 spiro atoms. The van der Waals surface area contributed by atoms with Gasteiger partial charge in [-0.15, -0.1) is 0 Å². The van der Waals surface area contributed by atoms with Crippen molar-refractivity contribution in [3.05, 3.63) is 47.6 Å². The molecule has 0 aromatic carbocycles. The zero-order chi connectivity index (χ0) is 51.2. The van der Waals surface area contributed by atoms with Gasteiger partial charge in [0.15, 0.2) is 5.78 Å². The number of ketones is 2. The number of hydrogen-bond donors (Lipinski definition) is 5. The highest BCUT2D eigenvalue weighted by Gasteiger charge is 2.53. The zero-order valence-electron chi connectivity index (χ0n) is 42.6. The summed E-state index contributed by atoms with van der Waals surface area (Å²) < 4.78 is 52.4. The van der Waals surface area contributed by atoms with E-state index in [0.717, 1.165) is 6.42 Å². The minimum atomic E-state index is -3.98. The minimum Gasteiger partial charge on any atom is -0.461 e. The monoisotopic (exact) mass is 993 g/mol. The predicted octanol–water partition coefficient (Wildman–Crippen LogP) is 5.27. The molecular weight excluding hydrogens is 909 g/mol. The van der Waals surface area contributed by atoms with Gasteiger partial charge in [0.25, 0.3) is 11.7 Å². The largest absolute Gasteiger partial charge is 0.461 e. The van der Waals surface area contributed by atoms with Crippen LogP contribution in [-0.4, -0.2) is 145 Å². The van der Waals surface area contributed by atoms with Gasteiger partial charge in [0, 0.05) is 38.6 Å². The number of aliphatic hydroxyl groups is 4. The van der Waals surface area contributed by atoms with E-state index in [-0.39, 0.29) is 61.4 Å². The van der Waals surface area contributed by atoms with Crippen LogP contribution in [-0.2, 0) is 48.1 Å². The van der Waals surface area contributed by atoms with Crippen molar-refractivity contribution in [2.24, 2.45) is 35.5 Å². The lowest BCUT2D eigenvalue weighted by molar-refractivity contribution is -0.264. The van der Waals surface area contributed by atoms with Crippen LogP contribution < -0.4 is 4.72 Å². The highest BCUT2D eigenvalue weighted by Crippen LogP contribution is 2.38. The molecule has 0 aromatic heterocycles. The highest BCUT2D eigenvalue weighted by molar-refractivity contribution is 7.89. The number of allylic oxidation sites excluding steroid dienone is 6. The predicted molar refractivity (Wildman–Crippen MR) is 262 cm³/mol. The molecule has 1 saturated carbocycles. The maximum absolute atomic E-state index is 14.4. The summed E-state index contributed by atoms with van der Waals surface area (Å²) in [5.41, 5.74) is 1.15. The van der Waals surface area contributed by atoms with Crippen molar-refractivity contribution in [1.29, 1.82) is 0 Å². The van der Waals surface area contributed by atoms with Crippen molar-refractivity contribution in [3.63, 3.8) is 0 Å². The molecule has 4 rings (SSSR count). The zero-order valence-corrected chi connectivity index (χ0v) is 43.4. The average molecular weight is 993 g/mol. The summed E-state index contributed by atoms with van der Waals surface area (Å²) in [6.07, 6.45) is 12.4. The molecule has 2 saturated heterocycles. The Bertz CT molecular complexity index is 1950. The van der Waals surface area contributed by atoms with Gasteiger partial charge >= 0.3 is 5.97 Å². The molecule has 16 nitrogen and oxygen atoms in total. The van der Waals surface area contributed by atoms with Crippen LogP contribution in [0.2, 0.25) is 0 Å². The Labute approximate surface area is 411 Å². The van der Waals surface area contributed by atoms with Crippen LogP contribution in [0.25, 0.3) is 0 Å². The van der Waals surface area contributed by atoms with Gasteiger partial charge in [-0.25, -0.2) is 17.9 Å². The lowest BCUT2D eigenvalue weighted by Crippen LogP contribution is -2.61. The van der Waals surface area contributed by atoms with Gasteiger partial charge in [0.05, 0.1) is 30.7 Å². The molecule has 1 aliphatic carbocycles. The van der Waals surface area contributed by atoms with E-state index in [1.807, 2.05) is 45.9 Å². The Morgan fingerprint density at radius 2 is 1.59 bits per heavy atom. The van der Waals surface area contributed by atoms with E-state index in [2.05, 4.69) is 4.72 Å². The number of methoxy groups -OCH3 is 2. The maximum atomic E-state index is 14.4. The summed E-state index contributed by atoms with van der Waals surface area (Å²) in [6.45, 7) is 12.4. The first-order valence-corrected chi connectivity index (χ1v) is 26.9. The van der Waals surface area contributed by atoms with Gasteiger partial charge in [-0.05, 0) is 127 Å². The number of aliphatic hydroxyl groups excluding tert-OH is 3. The standard InChI is InChI=1S/C52H84N2O14S/c1-32-15-11-10-12-16-34(3)41(53-69(63,64)26-25-55)31-40-21-19-38(7)52(62,68-40)49(59)50(60)54-24-14-13-17-42(54)51(61)67-44(35(4)29-39-20-22-43(56)45(30-39)65-8)23-18-33(2)28-37(6)47(58)48(66-9)46(57)36(5)27-32/h10-12,15-16,28,32-33,35-36,38-45,47-48,53,55-56,58,62H,13-14,17-27,29-31H2,1-9H3/b12-10+,15-11+,34-16+,37-28+/t32-,33+,35-,36-,38-,39+,40+,41+,42+,43-,44+,45-,47-,48+,52-/m1/s1. The number of carbonyl (C=O) groups excluding carboxylic acids is 4. The smallest absolute Gasteiger partial charge is 0.329 e. The lowest BCUT2D eigenvalue weighted by atomic mass is 9.78. The van der Waals surface area contributed by atoms with E-state index in [1.165, 1.54) is 12.0 Å². The van der Waals surface area contributed by atoms with Crippen LogP contribution >= 0.6 is 0 Å². The number of Topliss-reactive ketones (excluding diaryl/α,β-unsaturated/α-hetero) is 2. The molecule has 3 heterocycles. The molecule has 4 aliphatic rings. The first kappa shape index (κ1) is 58.4. The summed E-state index contributed by atoms with van der Waals surface area (Å²) in [4.78, 5) is 58.1. The number of rotatable bonds is 9. The second kappa shape index (κ2) is 27.1. The van der Waals surface area contributed by atoms with Crippen molar-refractivity contribution >= 4 is 33.5 Å². The van der Waals surface area contributed by atoms with Gasteiger partial charge < -0.3 is 44.3 Å². The fourth-order valence-electron chi connectivity index (χ4n) is 10.6. The summed E-state index contributed by atoms with van der Waals surface area (Å²) in [5.74, 6) is -7.62. The van der Waals surface area contributed by atoms with Gasteiger partial charge in [-0.1, -0.05) is 76.6 Å². The van der Waals surface area contributed by atoms with E-state index in [1.54, 1.807) is 46.1 Å². The van der Waals surface area contributed by atoms with Crippen molar-refractivity contribution < 1.29 is 67.0 Å². The Morgan fingerprint density at radius 1 is 0.870 bits per heavy atom. The highest BCUT2D eigenvalue weighted by atomic mass is 32.2. The van der Waals surface area contributed by atoms with Gasteiger partial charge in [0.2, 0.25) is 15.8 Å². The van der Waals surface area contributed by atoms with Crippen LogP contribution in [0.3, 0.4) is 0 Å². The van der Waals surface area contributed by atoms with Crippen molar-refractivity contribution in [3.8, 4) is 0 Å². The number of carbonyl (C=O) groups is 4. The van der Waals surface area contributed by atoms with Crippen LogP contribution in [0.15, 0.2) is 47.6 Å². The van der Waals surface area contributed by atoms with E-state index in [0.29, 0.717) is 68.9 Å². The van der Waals surface area contributed by atoms with E-state index in [9.17, 15) is 48.0 Å². The van der Waals surface area contributed by atoms with E-state index < -0.39 is 100 Å². The Morgan fingerprint density at radius 3 is 2.28 bits per heavy atom. The number of hydrogen-bond acceptors (Lipinski definition) is 14. The SMILES string of the molecule is CO[C@@H]1C[C@H](C[C@@H](C)[C@@H]2CC[C@H](C)/C=C(\C)[C@@H](O)[C@@H](OC)C(=O)[C@H](C)C[C@H](C)/C=C/C=C/C=C(\C)[C@@H](NS(=O)(=O)CCO)C[C@@H]3CC[C@@H](C)[C@@](O)(O3)C(=O)C(=O)N3CCCC[C@H]3C(=O)O2)CC[C@H]1O. The first-order valence-electron chi connectivity index (χ1n) is 25.3. The lowest BCUT2D eigenvalue weighted by Gasteiger charge is -2.43. The number of sulfonamides is 1. The third-order valence-corrected chi connectivity index (χ3v) is 16.3. The number of amides is 1. The third kappa shape index (κ3) is 16.4. The molecule has 69 heavy (non-hydrogen) atoms. The average Bonchev–Trinajstić information content (AvgIpc) is 3.30. The fourth-order valence-corrected chi connectivity index (χ4v) is 11.7. The number of fused-ring (bicyclic) bond motifs is 3. The topological polar surface area (TPSA) is 236 Å². The van der Waals surface area contributed by atoms with Crippen molar-refractivity contribution in [1.82, 2.24) is 9.62 Å². The number of cyclic esters (lactones) is 1. The molecule has 392 valence electrons. The third-order valence-electron chi connectivity index (χ3n) is 15.0. The van der Waals surface area contributed by atoms with Gasteiger partial charge in [-0.3, -0.25) is 14.4 Å². The van der Waals surface area contributed by atoms with Crippen LogP contribution in [0.5, 0.6) is 0 Å². The van der Waals surface area contributed by atoms with E-state index >= 15 is 0 Å². The molecule has 3 fully saturated rings. The number of esters is 1. The number of piperidine rings is 1. The second-order valence-corrected chi connectivity index (χ2v) is 22.5. The second-order valence-electron chi connectivity index (χ2n) is 20.7. The molecule has 0 aromatic rings. The first-order chi connectivity index (χ1) is 32.5. The molecule has 2 bridgehead atoms. The Hall–Kier alpha value is -3.13. The number of nitrogens with one attached hydrogen (secondary N) is 1. The van der Waals surface area contributed by atoms with Crippen molar-refractivity contribution in [2.75, 3.05) is 33.1 Å². The molecule has 17 heteroatoms. The summed E-state index contributed by atoms with van der Waals surface area (Å²) in [7, 11) is -0.980. The van der Waals surface area contributed by atoms with Crippen LogP contribution in [0, 0.1) is 35.5 Å². The van der Waals surface area contributed by atoms with Crippen molar-refractivity contribution in [2.45, 2.75) is 186 Å². The fraction of sp³-hybridized carbons (Fsp3) is 0.769. The summed E-state index contributed by atoms with van der Waals surface area (Å²) in [5, 5.41) is 43.5. The number of nitrogens with zero attached hydrogens (tertiary/aromatic N) is 1. The molecular formula is C52H84N2O14S. The summed E-state index contributed by atoms with van der Waals surface area (Å²) >= 11 is 0. The molecule has 0 radical (unpaired) electrons. The normalized spacial score (nSPS) is 39.0. The number of ether oxygens (including phenoxy) is 4. The molecule has 15 atom stereocenters. The molecule has 1 amide bonds. The summed E-state index contributed by atoms with van der Waals surface area (Å²) in [6, 6.07) is -1.98. The van der Waals surface area contributed by atoms with Gasteiger partial charge in [-0.2, -0.15) is 0 Å². The van der Waals surface area contributed by atoms with E-state index in [4.69, 9.17) is 18.9 Å². The maximum Gasteiger partial charge on any atom is 0.329 e. The molecule has 5 N–H and O–H groups in total. The molecule has 3 aliphatic heterocycles. The molecule has 0 unspecified atom stereocenters.